The first-order valence-electron chi connectivity index (χ1n) is 5.41. The van der Waals surface area contributed by atoms with E-state index in [4.69, 9.17) is 10.5 Å². The van der Waals surface area contributed by atoms with Crippen molar-refractivity contribution in [2.75, 3.05) is 6.61 Å². The Kier molecular flexibility index (Phi) is 4.41. The number of alkyl halides is 3. The monoisotopic (exact) mass is 277 g/mol. The van der Waals surface area contributed by atoms with E-state index in [-0.39, 0.29) is 12.2 Å². The van der Waals surface area contributed by atoms with Gasteiger partial charge in [-0.15, -0.1) is 0 Å². The lowest BCUT2D eigenvalue weighted by atomic mass is 10.1. The Labute approximate surface area is 108 Å². The number of para-hydroxylation sites is 1. The third-order valence-electron chi connectivity index (χ3n) is 2.46. The van der Waals surface area contributed by atoms with Gasteiger partial charge in [0.2, 0.25) is 5.91 Å². The van der Waals surface area contributed by atoms with Gasteiger partial charge >= 0.3 is 6.18 Å². The van der Waals surface area contributed by atoms with E-state index in [1.165, 1.54) is 12.1 Å². The molecule has 19 heavy (non-hydrogen) atoms. The van der Waals surface area contributed by atoms with Crippen LogP contribution in [0.25, 0.3) is 0 Å². The highest BCUT2D eigenvalue weighted by molar-refractivity contribution is 5.77. The lowest BCUT2D eigenvalue weighted by Gasteiger charge is -2.26. The highest BCUT2D eigenvalue weighted by atomic mass is 19.4. The summed E-state index contributed by atoms with van der Waals surface area (Å²) in [7, 11) is 0. The molecule has 3 N–H and O–H groups in total. The number of halogens is 3. The summed E-state index contributed by atoms with van der Waals surface area (Å²) in [5.41, 5.74) is 2.42. The van der Waals surface area contributed by atoms with Crippen molar-refractivity contribution >= 4 is 5.91 Å². The van der Waals surface area contributed by atoms with Gasteiger partial charge in [-0.2, -0.15) is 13.2 Å². The standard InChI is InChI=1S/C12H14F3NO3/c1-11(18,12(13,14)15)7-19-9-5-3-2-4-8(9)6-10(16)17/h2-5,18H,6-7H2,1H3,(H2,16,17). The number of aliphatic hydroxyl groups is 1. The minimum atomic E-state index is -4.80. The Hall–Kier alpha value is -1.76. The molecule has 0 radical (unpaired) electrons. The Morgan fingerprint density at radius 2 is 1.95 bits per heavy atom. The summed E-state index contributed by atoms with van der Waals surface area (Å²) in [5.74, 6) is -0.538. The summed E-state index contributed by atoms with van der Waals surface area (Å²) in [6, 6.07) is 6.07. The van der Waals surface area contributed by atoms with Crippen molar-refractivity contribution in [3.63, 3.8) is 0 Å². The van der Waals surface area contributed by atoms with E-state index < -0.39 is 24.3 Å². The van der Waals surface area contributed by atoms with Crippen molar-refractivity contribution < 1.29 is 27.8 Å². The van der Waals surface area contributed by atoms with E-state index in [0.29, 0.717) is 12.5 Å². The maximum Gasteiger partial charge on any atom is 0.420 e. The molecule has 7 heteroatoms. The fourth-order valence-electron chi connectivity index (χ4n) is 1.28. The Morgan fingerprint density at radius 3 is 2.47 bits per heavy atom. The van der Waals surface area contributed by atoms with Crippen LogP contribution in [0.2, 0.25) is 0 Å². The molecule has 0 aliphatic rings. The van der Waals surface area contributed by atoms with E-state index in [9.17, 15) is 23.1 Å². The number of nitrogens with two attached hydrogens (primary N) is 1. The number of carbonyl (C=O) groups excluding carboxylic acids is 1. The van der Waals surface area contributed by atoms with Crippen molar-refractivity contribution in [1.29, 1.82) is 0 Å². The molecule has 1 amide bonds. The summed E-state index contributed by atoms with van der Waals surface area (Å²) in [5, 5.41) is 9.24. The fourth-order valence-corrected chi connectivity index (χ4v) is 1.28. The first-order chi connectivity index (χ1) is 8.63. The van der Waals surface area contributed by atoms with Gasteiger partial charge in [0.25, 0.3) is 0 Å². The van der Waals surface area contributed by atoms with Crippen LogP contribution >= 0.6 is 0 Å². The number of hydrogen-bond donors (Lipinski definition) is 2. The summed E-state index contributed by atoms with van der Waals surface area (Å²) in [6.45, 7) is -0.351. The second-order valence-corrected chi connectivity index (χ2v) is 4.31. The second kappa shape index (κ2) is 5.48. The molecule has 1 rings (SSSR count). The molecule has 106 valence electrons. The third-order valence-corrected chi connectivity index (χ3v) is 2.46. The topological polar surface area (TPSA) is 72.6 Å². The second-order valence-electron chi connectivity index (χ2n) is 4.31. The molecule has 0 spiro atoms. The smallest absolute Gasteiger partial charge is 0.420 e. The molecule has 0 saturated carbocycles. The SMILES string of the molecule is CC(O)(COc1ccccc1CC(N)=O)C(F)(F)F. The molecule has 1 aromatic carbocycles. The average Bonchev–Trinajstić information content (AvgIpc) is 2.25. The van der Waals surface area contributed by atoms with Crippen LogP contribution in [-0.2, 0) is 11.2 Å². The van der Waals surface area contributed by atoms with Crippen molar-refractivity contribution in [2.45, 2.75) is 25.1 Å². The number of rotatable bonds is 5. The van der Waals surface area contributed by atoms with Crippen molar-refractivity contribution in [1.82, 2.24) is 0 Å². The number of carbonyl (C=O) groups is 1. The Morgan fingerprint density at radius 1 is 1.37 bits per heavy atom. The molecule has 0 aromatic heterocycles. The zero-order valence-electron chi connectivity index (χ0n) is 10.2. The highest BCUT2D eigenvalue weighted by Gasteiger charge is 2.50. The molecule has 0 bridgehead atoms. The number of primary amides is 1. The van der Waals surface area contributed by atoms with Crippen LogP contribution in [0, 0.1) is 0 Å². The van der Waals surface area contributed by atoms with Crippen molar-refractivity contribution in [2.24, 2.45) is 5.73 Å². The predicted molar refractivity (Wildman–Crippen MR) is 61.5 cm³/mol. The molecule has 1 unspecified atom stereocenters. The highest BCUT2D eigenvalue weighted by Crippen LogP contribution is 2.31. The van der Waals surface area contributed by atoms with E-state index in [1.807, 2.05) is 0 Å². The number of ether oxygens (including phenoxy) is 1. The van der Waals surface area contributed by atoms with Gasteiger partial charge < -0.3 is 15.6 Å². The van der Waals surface area contributed by atoms with Crippen molar-refractivity contribution in [3.8, 4) is 5.75 Å². The van der Waals surface area contributed by atoms with Gasteiger partial charge in [-0.1, -0.05) is 18.2 Å². The molecule has 0 heterocycles. The number of amides is 1. The van der Waals surface area contributed by atoms with Gasteiger partial charge in [-0.3, -0.25) is 4.79 Å². The normalized spacial score (nSPS) is 14.8. The van der Waals surface area contributed by atoms with Crippen LogP contribution in [0.15, 0.2) is 24.3 Å². The van der Waals surface area contributed by atoms with Crippen LogP contribution in [-0.4, -0.2) is 29.4 Å². The number of benzene rings is 1. The van der Waals surface area contributed by atoms with Gasteiger partial charge in [-0.25, -0.2) is 0 Å². The molecule has 1 atom stereocenters. The first kappa shape index (κ1) is 15.3. The Bertz CT molecular complexity index is 458. The van der Waals surface area contributed by atoms with Gasteiger partial charge in [0.15, 0.2) is 5.60 Å². The fraction of sp³-hybridized carbons (Fsp3) is 0.417. The molecular weight excluding hydrogens is 263 g/mol. The molecule has 0 fully saturated rings. The van der Waals surface area contributed by atoms with E-state index >= 15 is 0 Å². The van der Waals surface area contributed by atoms with Gasteiger partial charge in [0.05, 0.1) is 6.42 Å². The zero-order chi connectivity index (χ0) is 14.7. The first-order valence-corrected chi connectivity index (χ1v) is 5.41. The van der Waals surface area contributed by atoms with E-state index in [1.54, 1.807) is 12.1 Å². The zero-order valence-corrected chi connectivity index (χ0v) is 10.2. The molecule has 0 aliphatic carbocycles. The van der Waals surface area contributed by atoms with E-state index in [2.05, 4.69) is 0 Å². The number of hydrogen-bond acceptors (Lipinski definition) is 3. The van der Waals surface area contributed by atoms with Gasteiger partial charge in [0.1, 0.15) is 12.4 Å². The van der Waals surface area contributed by atoms with Gasteiger partial charge in [0, 0.05) is 5.56 Å². The van der Waals surface area contributed by atoms with Crippen LogP contribution in [0.3, 0.4) is 0 Å². The maximum absolute atomic E-state index is 12.4. The van der Waals surface area contributed by atoms with Crippen LogP contribution < -0.4 is 10.5 Å². The van der Waals surface area contributed by atoms with Gasteiger partial charge in [-0.05, 0) is 13.0 Å². The minimum Gasteiger partial charge on any atom is -0.490 e. The van der Waals surface area contributed by atoms with Crippen LogP contribution in [0.5, 0.6) is 5.75 Å². The van der Waals surface area contributed by atoms with E-state index in [0.717, 1.165) is 0 Å². The summed E-state index contributed by atoms with van der Waals surface area (Å²) >= 11 is 0. The average molecular weight is 277 g/mol. The molecule has 4 nitrogen and oxygen atoms in total. The largest absolute Gasteiger partial charge is 0.490 e. The summed E-state index contributed by atoms with van der Waals surface area (Å²) in [4.78, 5) is 10.8. The summed E-state index contributed by atoms with van der Waals surface area (Å²) < 4.78 is 42.3. The Balaban J connectivity index is 2.81. The van der Waals surface area contributed by atoms with Crippen molar-refractivity contribution in [3.05, 3.63) is 29.8 Å². The quantitative estimate of drug-likeness (QED) is 0.854. The minimum absolute atomic E-state index is 0.0887. The molecule has 0 aliphatic heterocycles. The molecule has 1 aromatic rings. The molecular formula is C12H14F3NO3. The lowest BCUT2D eigenvalue weighted by molar-refractivity contribution is -0.260. The van der Waals surface area contributed by atoms with Crippen LogP contribution in [0.1, 0.15) is 12.5 Å². The predicted octanol–water partition coefficient (Wildman–Crippen LogP) is 1.41. The summed E-state index contributed by atoms with van der Waals surface area (Å²) in [6.07, 6.45) is -4.95. The molecule has 0 saturated heterocycles. The lowest BCUT2D eigenvalue weighted by Crippen LogP contribution is -2.47. The maximum atomic E-state index is 12.4. The van der Waals surface area contributed by atoms with Crippen LogP contribution in [0.4, 0.5) is 13.2 Å². The third kappa shape index (κ3) is 4.13.